The van der Waals surface area contributed by atoms with E-state index in [0.29, 0.717) is 0 Å². The summed E-state index contributed by atoms with van der Waals surface area (Å²) in [6.45, 7) is 3.90. The molecular weight excluding hydrogens is 164 g/mol. The molecule has 66 valence electrons. The Morgan fingerprint density at radius 1 is 1.23 bits per heavy atom. The molecule has 3 nitrogen and oxygen atoms in total. The number of benzene rings is 1. The summed E-state index contributed by atoms with van der Waals surface area (Å²) in [5, 5.41) is 4.08. The van der Waals surface area contributed by atoms with Gasteiger partial charge in [0.1, 0.15) is 0 Å². The molecule has 0 atom stereocenters. The first kappa shape index (κ1) is 7.98. The van der Waals surface area contributed by atoms with E-state index >= 15 is 0 Å². The summed E-state index contributed by atoms with van der Waals surface area (Å²) < 4.78 is 1.44. The number of rotatable bonds is 1. The number of hydrogen-bond acceptors (Lipinski definition) is 2. The fraction of sp³-hybridized carbons (Fsp3) is 0.200. The van der Waals surface area contributed by atoms with Crippen molar-refractivity contribution in [2.24, 2.45) is 5.29 Å². The minimum absolute atomic E-state index is 0.882. The number of aryl methyl sites for hydroxylation is 1. The molecule has 2 aromatic rings. The van der Waals surface area contributed by atoms with Gasteiger partial charge in [0.15, 0.2) is 0 Å². The van der Waals surface area contributed by atoms with Crippen molar-refractivity contribution in [3.05, 3.63) is 40.4 Å². The molecular formula is C10H10N2O. The Kier molecular flexibility index (Phi) is 1.65. The lowest BCUT2D eigenvalue weighted by Crippen LogP contribution is -1.88. The monoisotopic (exact) mass is 174 g/mol. The summed E-state index contributed by atoms with van der Waals surface area (Å²) >= 11 is 0. The Balaban J connectivity index is 2.98. The van der Waals surface area contributed by atoms with Crippen molar-refractivity contribution in [1.29, 1.82) is 0 Å². The van der Waals surface area contributed by atoms with Crippen LogP contribution in [-0.4, -0.2) is 4.68 Å². The molecule has 0 aliphatic rings. The van der Waals surface area contributed by atoms with E-state index in [4.69, 9.17) is 0 Å². The Morgan fingerprint density at radius 3 is 2.62 bits per heavy atom. The highest BCUT2D eigenvalue weighted by Crippen LogP contribution is 2.24. The van der Waals surface area contributed by atoms with Crippen molar-refractivity contribution in [3.8, 4) is 0 Å². The summed E-state index contributed by atoms with van der Waals surface area (Å²) in [7, 11) is 0. The Labute approximate surface area is 75.9 Å². The topological polar surface area (TPSA) is 34.4 Å². The van der Waals surface area contributed by atoms with Crippen LogP contribution in [0, 0.1) is 18.8 Å². The minimum Gasteiger partial charge on any atom is -0.201 e. The second kappa shape index (κ2) is 2.69. The first-order valence-corrected chi connectivity index (χ1v) is 4.16. The molecule has 0 N–H and O–H groups in total. The van der Waals surface area contributed by atoms with Crippen LogP contribution in [-0.2, 0) is 0 Å². The van der Waals surface area contributed by atoms with Gasteiger partial charge >= 0.3 is 0 Å². The van der Waals surface area contributed by atoms with Gasteiger partial charge in [-0.15, -0.1) is 4.91 Å². The quantitative estimate of drug-likeness (QED) is 0.612. The average Bonchev–Trinajstić information content (AvgIpc) is 2.41. The predicted octanol–water partition coefficient (Wildman–Crippen LogP) is 2.79. The van der Waals surface area contributed by atoms with Crippen molar-refractivity contribution in [2.45, 2.75) is 13.8 Å². The van der Waals surface area contributed by atoms with Gasteiger partial charge in [-0.05, 0) is 25.5 Å². The first-order valence-electron chi connectivity index (χ1n) is 4.16. The molecule has 1 aromatic carbocycles. The Morgan fingerprint density at radius 2 is 1.92 bits per heavy atom. The second-order valence-electron chi connectivity index (χ2n) is 3.12. The molecule has 0 bridgehead atoms. The highest BCUT2D eigenvalue weighted by Gasteiger charge is 2.09. The number of hydrogen-bond donors (Lipinski definition) is 0. The SMILES string of the molecule is Cc1c(C)n(N=O)c2ccccc12. The molecule has 0 fully saturated rings. The minimum atomic E-state index is 0.882. The Hall–Kier alpha value is -1.64. The van der Waals surface area contributed by atoms with Gasteiger partial charge in [0, 0.05) is 11.1 Å². The summed E-state index contributed by atoms with van der Waals surface area (Å²) in [6.07, 6.45) is 0. The van der Waals surface area contributed by atoms with Crippen molar-refractivity contribution < 1.29 is 0 Å². The maximum absolute atomic E-state index is 10.6. The molecule has 3 heteroatoms. The van der Waals surface area contributed by atoms with E-state index < -0.39 is 0 Å². The van der Waals surface area contributed by atoms with Crippen molar-refractivity contribution in [1.82, 2.24) is 4.68 Å². The molecule has 0 unspecified atom stereocenters. The number of aromatic nitrogens is 1. The molecule has 1 heterocycles. The van der Waals surface area contributed by atoms with E-state index in [1.165, 1.54) is 4.68 Å². The molecule has 0 saturated heterocycles. The number of fused-ring (bicyclic) bond motifs is 1. The second-order valence-corrected chi connectivity index (χ2v) is 3.12. The third-order valence-electron chi connectivity index (χ3n) is 2.48. The zero-order valence-corrected chi connectivity index (χ0v) is 7.61. The van der Waals surface area contributed by atoms with Gasteiger partial charge in [0.25, 0.3) is 0 Å². The van der Waals surface area contributed by atoms with Crippen LogP contribution in [0.4, 0.5) is 0 Å². The van der Waals surface area contributed by atoms with Gasteiger partial charge in [0.2, 0.25) is 0 Å². The molecule has 0 amide bonds. The standard InChI is InChI=1S/C10H10N2O/c1-7-8(2)12(11-13)10-6-4-3-5-9(7)10/h3-6H,1-2H3. The third-order valence-corrected chi connectivity index (χ3v) is 2.48. The average molecular weight is 174 g/mol. The van der Waals surface area contributed by atoms with Crippen LogP contribution >= 0.6 is 0 Å². The van der Waals surface area contributed by atoms with Crippen LogP contribution in [0.1, 0.15) is 11.3 Å². The van der Waals surface area contributed by atoms with Crippen molar-refractivity contribution >= 4 is 10.9 Å². The molecule has 0 saturated carbocycles. The molecule has 2 rings (SSSR count). The van der Waals surface area contributed by atoms with E-state index in [-0.39, 0.29) is 0 Å². The highest BCUT2D eigenvalue weighted by atomic mass is 16.3. The largest absolute Gasteiger partial charge is 0.201 e. The van der Waals surface area contributed by atoms with E-state index in [0.717, 1.165) is 22.2 Å². The zero-order chi connectivity index (χ0) is 9.42. The maximum Gasteiger partial charge on any atom is 0.0756 e. The lowest BCUT2D eigenvalue weighted by atomic mass is 10.2. The van der Waals surface area contributed by atoms with E-state index in [2.05, 4.69) is 5.29 Å². The van der Waals surface area contributed by atoms with Crippen LogP contribution < -0.4 is 0 Å². The lowest BCUT2D eigenvalue weighted by molar-refractivity contribution is 0.865. The smallest absolute Gasteiger partial charge is 0.0756 e. The predicted molar refractivity (Wildman–Crippen MR) is 52.6 cm³/mol. The number of nitrogens with zero attached hydrogens (tertiary/aromatic N) is 2. The normalized spacial score (nSPS) is 10.6. The summed E-state index contributed by atoms with van der Waals surface area (Å²) in [5.41, 5.74) is 2.92. The zero-order valence-electron chi connectivity index (χ0n) is 7.61. The van der Waals surface area contributed by atoms with Gasteiger partial charge in [0.05, 0.1) is 10.8 Å². The van der Waals surface area contributed by atoms with Crippen molar-refractivity contribution in [3.63, 3.8) is 0 Å². The van der Waals surface area contributed by atoms with Crippen LogP contribution in [0.15, 0.2) is 29.6 Å². The van der Waals surface area contributed by atoms with Gasteiger partial charge in [-0.1, -0.05) is 18.2 Å². The van der Waals surface area contributed by atoms with Crippen LogP contribution in [0.25, 0.3) is 10.9 Å². The van der Waals surface area contributed by atoms with Gasteiger partial charge in [-0.25, -0.2) is 4.68 Å². The van der Waals surface area contributed by atoms with E-state index in [9.17, 15) is 4.91 Å². The maximum atomic E-state index is 10.6. The van der Waals surface area contributed by atoms with Gasteiger partial charge in [-0.3, -0.25) is 0 Å². The lowest BCUT2D eigenvalue weighted by Gasteiger charge is -1.93. The van der Waals surface area contributed by atoms with Gasteiger partial charge < -0.3 is 0 Å². The third kappa shape index (κ3) is 0.967. The molecule has 0 aliphatic carbocycles. The fourth-order valence-corrected chi connectivity index (χ4v) is 1.62. The highest BCUT2D eigenvalue weighted by molar-refractivity contribution is 5.85. The molecule has 0 spiro atoms. The van der Waals surface area contributed by atoms with Crippen LogP contribution in [0.5, 0.6) is 0 Å². The number of para-hydroxylation sites is 1. The van der Waals surface area contributed by atoms with Crippen molar-refractivity contribution in [2.75, 3.05) is 0 Å². The molecule has 1 aromatic heterocycles. The molecule has 0 aliphatic heterocycles. The molecule has 13 heavy (non-hydrogen) atoms. The Bertz CT molecular complexity index is 471. The van der Waals surface area contributed by atoms with Gasteiger partial charge in [-0.2, -0.15) is 0 Å². The first-order chi connectivity index (χ1) is 6.25. The molecule has 0 radical (unpaired) electrons. The van der Waals surface area contributed by atoms with E-state index in [1.54, 1.807) is 0 Å². The fourth-order valence-electron chi connectivity index (χ4n) is 1.62. The number of nitroso groups, excluding NO2 is 1. The van der Waals surface area contributed by atoms with Crippen LogP contribution in [0.2, 0.25) is 0 Å². The van der Waals surface area contributed by atoms with Crippen LogP contribution in [0.3, 0.4) is 0 Å². The summed E-state index contributed by atoms with van der Waals surface area (Å²) in [5.74, 6) is 0. The summed E-state index contributed by atoms with van der Waals surface area (Å²) in [6, 6.07) is 7.77. The van der Waals surface area contributed by atoms with E-state index in [1.807, 2.05) is 38.1 Å². The summed E-state index contributed by atoms with van der Waals surface area (Å²) in [4.78, 5) is 10.6.